The molecular formula is C25H27N5O5S2. The first-order valence-corrected chi connectivity index (χ1v) is 13.7. The van der Waals surface area contributed by atoms with Crippen LogP contribution >= 0.6 is 23.1 Å². The van der Waals surface area contributed by atoms with Crippen LogP contribution in [0.5, 0.6) is 0 Å². The summed E-state index contributed by atoms with van der Waals surface area (Å²) in [6.45, 7) is 1.96. The molecule has 37 heavy (non-hydrogen) atoms. The Hall–Kier alpha value is -3.48. The number of para-hydroxylation sites is 2. The second-order valence-corrected chi connectivity index (χ2v) is 10.4. The fraction of sp³-hybridized carbons (Fsp3) is 0.320. The van der Waals surface area contributed by atoms with Gasteiger partial charge in [0, 0.05) is 11.5 Å². The lowest BCUT2D eigenvalue weighted by molar-refractivity contribution is -0.380. The van der Waals surface area contributed by atoms with Crippen molar-refractivity contribution < 1.29 is 19.2 Å². The number of aromatic nitrogens is 2. The van der Waals surface area contributed by atoms with Crippen molar-refractivity contribution in [2.45, 2.75) is 43.7 Å². The van der Waals surface area contributed by atoms with Gasteiger partial charge in [-0.15, -0.1) is 0 Å². The SMILES string of the molecule is CCCC(NC(=O)[C@H](CSCc1ccccc1)Nc1ncc([N+](=O)[O-])s1)[C@H](O)c1nc2ccccc2o1. The summed E-state index contributed by atoms with van der Waals surface area (Å²) in [4.78, 5) is 32.4. The first kappa shape index (κ1) is 26.6. The summed E-state index contributed by atoms with van der Waals surface area (Å²) in [5, 5.41) is 28.3. The first-order chi connectivity index (χ1) is 17.9. The highest BCUT2D eigenvalue weighted by molar-refractivity contribution is 7.98. The fourth-order valence-electron chi connectivity index (χ4n) is 3.71. The fourth-order valence-corrected chi connectivity index (χ4v) is 5.41. The van der Waals surface area contributed by atoms with E-state index in [4.69, 9.17) is 4.42 Å². The van der Waals surface area contributed by atoms with Gasteiger partial charge in [0.1, 0.15) is 17.8 Å². The molecule has 2 aromatic heterocycles. The van der Waals surface area contributed by atoms with E-state index in [1.165, 1.54) is 0 Å². The zero-order valence-electron chi connectivity index (χ0n) is 20.1. The summed E-state index contributed by atoms with van der Waals surface area (Å²) in [6, 6.07) is 15.7. The zero-order valence-corrected chi connectivity index (χ0v) is 21.7. The average Bonchev–Trinajstić information content (AvgIpc) is 3.55. The normalized spacial score (nSPS) is 13.7. The number of carbonyl (C=O) groups excluding carboxylic acids is 1. The van der Waals surface area contributed by atoms with Gasteiger partial charge in [0.05, 0.1) is 11.0 Å². The maximum atomic E-state index is 13.4. The Balaban J connectivity index is 1.48. The topological polar surface area (TPSA) is 143 Å². The lowest BCUT2D eigenvalue weighted by Gasteiger charge is -2.25. The van der Waals surface area contributed by atoms with E-state index < -0.39 is 23.1 Å². The number of fused-ring (bicyclic) bond motifs is 1. The smallest absolute Gasteiger partial charge is 0.345 e. The maximum absolute atomic E-state index is 13.4. The molecule has 2 aromatic carbocycles. The summed E-state index contributed by atoms with van der Waals surface area (Å²) in [7, 11) is 0. The number of rotatable bonds is 13. The monoisotopic (exact) mass is 541 g/mol. The van der Waals surface area contributed by atoms with Crippen LogP contribution in [-0.4, -0.2) is 43.7 Å². The molecule has 0 saturated heterocycles. The number of aliphatic hydroxyl groups is 1. The van der Waals surface area contributed by atoms with Crippen LogP contribution in [0.1, 0.15) is 37.3 Å². The minimum absolute atomic E-state index is 0.117. The number of nitro groups is 1. The number of amides is 1. The second kappa shape index (κ2) is 12.7. The van der Waals surface area contributed by atoms with Gasteiger partial charge in [-0.25, -0.2) is 9.97 Å². The quantitative estimate of drug-likeness (QED) is 0.159. The molecule has 1 amide bonds. The van der Waals surface area contributed by atoms with E-state index in [0.29, 0.717) is 35.4 Å². The van der Waals surface area contributed by atoms with Crippen molar-refractivity contribution >= 4 is 50.2 Å². The number of nitrogens with one attached hydrogen (secondary N) is 2. The maximum Gasteiger partial charge on any atom is 0.345 e. The highest BCUT2D eigenvalue weighted by Gasteiger charge is 2.30. The molecule has 0 fully saturated rings. The highest BCUT2D eigenvalue weighted by atomic mass is 32.2. The van der Waals surface area contributed by atoms with E-state index in [9.17, 15) is 20.0 Å². The third-order valence-corrected chi connectivity index (χ3v) is 7.54. The van der Waals surface area contributed by atoms with Gasteiger partial charge in [-0.2, -0.15) is 11.8 Å². The average molecular weight is 542 g/mol. The van der Waals surface area contributed by atoms with E-state index in [0.717, 1.165) is 23.1 Å². The molecule has 12 heteroatoms. The van der Waals surface area contributed by atoms with Crippen molar-refractivity contribution in [3.05, 3.63) is 82.4 Å². The summed E-state index contributed by atoms with van der Waals surface area (Å²) in [6.07, 6.45) is 1.23. The predicted octanol–water partition coefficient (Wildman–Crippen LogP) is 4.92. The van der Waals surface area contributed by atoms with E-state index in [2.05, 4.69) is 20.6 Å². The van der Waals surface area contributed by atoms with E-state index in [1.807, 2.05) is 49.4 Å². The summed E-state index contributed by atoms with van der Waals surface area (Å²) < 4.78 is 5.73. The van der Waals surface area contributed by atoms with Gasteiger partial charge >= 0.3 is 5.00 Å². The molecule has 194 valence electrons. The molecule has 0 bridgehead atoms. The number of benzene rings is 2. The van der Waals surface area contributed by atoms with Gasteiger partial charge in [0.25, 0.3) is 0 Å². The van der Waals surface area contributed by atoms with Crippen LogP contribution < -0.4 is 10.6 Å². The minimum Gasteiger partial charge on any atom is -0.438 e. The molecule has 10 nitrogen and oxygen atoms in total. The molecule has 2 heterocycles. The second-order valence-electron chi connectivity index (χ2n) is 8.33. The summed E-state index contributed by atoms with van der Waals surface area (Å²) in [5.74, 6) is 0.852. The van der Waals surface area contributed by atoms with E-state index in [1.54, 1.807) is 23.9 Å². The van der Waals surface area contributed by atoms with Crippen LogP contribution in [0.15, 0.2) is 65.2 Å². The third-order valence-electron chi connectivity index (χ3n) is 5.56. The lowest BCUT2D eigenvalue weighted by Crippen LogP contribution is -2.48. The lowest BCUT2D eigenvalue weighted by atomic mass is 10.1. The van der Waals surface area contributed by atoms with Gasteiger partial charge in [0.15, 0.2) is 16.8 Å². The first-order valence-electron chi connectivity index (χ1n) is 11.8. The Morgan fingerprint density at radius 3 is 2.68 bits per heavy atom. The van der Waals surface area contributed by atoms with Crippen molar-refractivity contribution in [2.24, 2.45) is 0 Å². The molecule has 1 unspecified atom stereocenters. The Morgan fingerprint density at radius 1 is 1.22 bits per heavy atom. The number of thiazole rings is 1. The molecule has 0 saturated carbocycles. The molecule has 0 aliphatic heterocycles. The minimum atomic E-state index is -1.14. The number of aliphatic hydroxyl groups excluding tert-OH is 1. The van der Waals surface area contributed by atoms with Crippen LogP contribution in [0.3, 0.4) is 0 Å². The Kier molecular flexibility index (Phi) is 9.09. The number of carbonyl (C=O) groups is 1. The molecular weight excluding hydrogens is 514 g/mol. The van der Waals surface area contributed by atoms with Gasteiger partial charge in [-0.3, -0.25) is 14.9 Å². The Labute approximate surface area is 221 Å². The van der Waals surface area contributed by atoms with Crippen LogP contribution in [0.4, 0.5) is 10.1 Å². The van der Waals surface area contributed by atoms with Gasteiger partial charge in [-0.1, -0.05) is 55.8 Å². The van der Waals surface area contributed by atoms with Crippen LogP contribution in [0.2, 0.25) is 0 Å². The molecule has 4 aromatic rings. The van der Waals surface area contributed by atoms with E-state index in [-0.39, 0.29) is 21.9 Å². The predicted molar refractivity (Wildman–Crippen MR) is 145 cm³/mol. The van der Waals surface area contributed by atoms with E-state index >= 15 is 0 Å². The van der Waals surface area contributed by atoms with Crippen molar-refractivity contribution in [3.63, 3.8) is 0 Å². The molecule has 4 rings (SSSR count). The largest absolute Gasteiger partial charge is 0.438 e. The van der Waals surface area contributed by atoms with Crippen LogP contribution in [0, 0.1) is 10.1 Å². The van der Waals surface area contributed by atoms with Crippen molar-refractivity contribution in [3.8, 4) is 0 Å². The molecule has 3 atom stereocenters. The number of nitrogens with zero attached hydrogens (tertiary/aromatic N) is 3. The van der Waals surface area contributed by atoms with Crippen molar-refractivity contribution in [1.82, 2.24) is 15.3 Å². The molecule has 0 aliphatic rings. The number of anilines is 1. The number of hydrogen-bond acceptors (Lipinski definition) is 10. The number of oxazole rings is 1. The van der Waals surface area contributed by atoms with Crippen LogP contribution in [0.25, 0.3) is 11.1 Å². The van der Waals surface area contributed by atoms with Crippen molar-refractivity contribution in [1.29, 1.82) is 0 Å². The standard InChI is InChI=1S/C25H27N5O5S2/c1-2-8-18(22(31)24-28-17-11-6-7-12-20(17)35-24)27-23(32)19(15-36-14-16-9-4-3-5-10-16)29-25-26-13-21(37-25)30(33)34/h3-7,9-13,18-19,22,31H,2,8,14-15H2,1H3,(H,26,29)(H,27,32)/t18?,19-,22-/m0/s1. The van der Waals surface area contributed by atoms with Crippen molar-refractivity contribution in [2.75, 3.05) is 11.1 Å². The summed E-state index contributed by atoms with van der Waals surface area (Å²) in [5.41, 5.74) is 2.30. The summed E-state index contributed by atoms with van der Waals surface area (Å²) >= 11 is 2.42. The number of thioether (sulfide) groups is 1. The Morgan fingerprint density at radius 2 is 1.97 bits per heavy atom. The van der Waals surface area contributed by atoms with Gasteiger partial charge in [-0.05, 0) is 35.5 Å². The van der Waals surface area contributed by atoms with Gasteiger partial charge < -0.3 is 20.2 Å². The third kappa shape index (κ3) is 7.06. The van der Waals surface area contributed by atoms with Crippen LogP contribution in [-0.2, 0) is 10.5 Å². The number of hydrogen-bond donors (Lipinski definition) is 3. The molecule has 0 aliphatic carbocycles. The molecule has 3 N–H and O–H groups in total. The zero-order chi connectivity index (χ0) is 26.2. The Bertz CT molecular complexity index is 1300. The highest BCUT2D eigenvalue weighted by Crippen LogP contribution is 2.27. The van der Waals surface area contributed by atoms with Gasteiger partial charge in [0.2, 0.25) is 11.8 Å². The molecule has 0 radical (unpaired) electrons. The molecule has 0 spiro atoms.